The van der Waals surface area contributed by atoms with Gasteiger partial charge in [0.1, 0.15) is 0 Å². The third-order valence-electron chi connectivity index (χ3n) is 3.78. The highest BCUT2D eigenvalue weighted by Crippen LogP contribution is 2.23. The van der Waals surface area contributed by atoms with Gasteiger partial charge in [-0.2, -0.15) is 0 Å². The Morgan fingerprint density at radius 1 is 1.12 bits per heavy atom. The molecule has 2 unspecified atom stereocenters. The molecule has 2 heteroatoms. The van der Waals surface area contributed by atoms with Gasteiger partial charge < -0.3 is 4.90 Å². The number of hydrogen-bond donors (Lipinski definition) is 0. The molecule has 0 aromatic rings. The number of rotatable bonds is 7. The van der Waals surface area contributed by atoms with Gasteiger partial charge in [-0.1, -0.05) is 61.9 Å². The molecule has 1 heterocycles. The maximum absolute atomic E-state index is 3.80. The van der Waals surface area contributed by atoms with Crippen molar-refractivity contribution in [2.24, 2.45) is 5.92 Å². The van der Waals surface area contributed by atoms with E-state index in [9.17, 15) is 0 Å². The lowest BCUT2D eigenvalue weighted by Crippen LogP contribution is -2.40. The van der Waals surface area contributed by atoms with Crippen LogP contribution in [-0.4, -0.2) is 29.4 Å². The van der Waals surface area contributed by atoms with Crippen molar-refractivity contribution in [2.45, 2.75) is 63.6 Å². The van der Waals surface area contributed by atoms with Crippen LogP contribution in [0.1, 0.15) is 58.8 Å². The summed E-state index contributed by atoms with van der Waals surface area (Å²) in [7, 11) is 0. The molecule has 0 amide bonds. The van der Waals surface area contributed by atoms with Crippen LogP contribution in [-0.2, 0) is 0 Å². The Hall–Kier alpha value is 0.440. The van der Waals surface area contributed by atoms with E-state index in [1.54, 1.807) is 0 Å². The van der Waals surface area contributed by atoms with E-state index < -0.39 is 0 Å². The Morgan fingerprint density at radius 2 is 1.81 bits per heavy atom. The molecule has 0 bridgehead atoms. The van der Waals surface area contributed by atoms with Crippen molar-refractivity contribution < 1.29 is 0 Å². The van der Waals surface area contributed by atoms with Gasteiger partial charge >= 0.3 is 0 Å². The smallest absolute Gasteiger partial charge is 0.0299 e. The van der Waals surface area contributed by atoms with Crippen LogP contribution in [0.3, 0.4) is 0 Å². The van der Waals surface area contributed by atoms with Crippen LogP contribution in [0.15, 0.2) is 0 Å². The van der Waals surface area contributed by atoms with Crippen LogP contribution in [0, 0.1) is 5.92 Å². The Bertz CT molecular complexity index is 172. The van der Waals surface area contributed by atoms with E-state index in [1.807, 2.05) is 0 Å². The quantitative estimate of drug-likeness (QED) is 0.494. The fourth-order valence-electron chi connectivity index (χ4n) is 2.40. The van der Waals surface area contributed by atoms with Crippen LogP contribution < -0.4 is 0 Å². The average molecular weight is 290 g/mol. The monoisotopic (exact) mass is 289 g/mol. The van der Waals surface area contributed by atoms with Crippen molar-refractivity contribution in [1.82, 2.24) is 4.90 Å². The fraction of sp³-hybridized carbons (Fsp3) is 1.00. The van der Waals surface area contributed by atoms with Crippen LogP contribution in [0.5, 0.6) is 0 Å². The SMILES string of the molecule is CCCCCCCCN1CCC(C)C(Br)C1. The number of unbranched alkanes of at least 4 members (excludes halogenated alkanes) is 5. The van der Waals surface area contributed by atoms with Gasteiger partial charge in [0.2, 0.25) is 0 Å². The molecule has 0 N–H and O–H groups in total. The van der Waals surface area contributed by atoms with E-state index in [0.717, 1.165) is 10.7 Å². The number of hydrogen-bond acceptors (Lipinski definition) is 1. The number of nitrogens with zero attached hydrogens (tertiary/aromatic N) is 1. The summed E-state index contributed by atoms with van der Waals surface area (Å²) in [6, 6.07) is 0. The summed E-state index contributed by atoms with van der Waals surface area (Å²) in [6.45, 7) is 8.54. The summed E-state index contributed by atoms with van der Waals surface area (Å²) in [5, 5.41) is 0. The molecule has 1 aliphatic rings. The zero-order valence-electron chi connectivity index (χ0n) is 11.1. The standard InChI is InChI=1S/C14H28BrN/c1-3-4-5-6-7-8-10-16-11-9-13(2)14(15)12-16/h13-14H,3-12H2,1-2H3. The Kier molecular flexibility index (Phi) is 7.72. The second-order valence-corrected chi connectivity index (χ2v) is 6.53. The highest BCUT2D eigenvalue weighted by atomic mass is 79.9. The molecular weight excluding hydrogens is 262 g/mol. The van der Waals surface area contributed by atoms with Gasteiger partial charge in [0.15, 0.2) is 0 Å². The number of likely N-dealkylation sites (tertiary alicyclic amines) is 1. The molecule has 0 saturated carbocycles. The van der Waals surface area contributed by atoms with Gasteiger partial charge in [-0.3, -0.25) is 0 Å². The third-order valence-corrected chi connectivity index (χ3v) is 4.97. The number of alkyl halides is 1. The molecule has 1 aliphatic heterocycles. The zero-order valence-corrected chi connectivity index (χ0v) is 12.6. The summed E-state index contributed by atoms with van der Waals surface area (Å²) in [5.41, 5.74) is 0. The Labute approximate surface area is 110 Å². The highest BCUT2D eigenvalue weighted by Gasteiger charge is 2.23. The first-order valence-electron chi connectivity index (χ1n) is 7.10. The molecule has 16 heavy (non-hydrogen) atoms. The fourth-order valence-corrected chi connectivity index (χ4v) is 3.08. The summed E-state index contributed by atoms with van der Waals surface area (Å²) in [6.07, 6.45) is 9.85. The molecule has 96 valence electrons. The summed E-state index contributed by atoms with van der Waals surface area (Å²) in [4.78, 5) is 3.36. The number of halogens is 1. The summed E-state index contributed by atoms with van der Waals surface area (Å²) < 4.78 is 0. The zero-order chi connectivity index (χ0) is 11.8. The molecule has 0 aromatic carbocycles. The molecule has 0 aliphatic carbocycles. The Balaban J connectivity index is 1.97. The Morgan fingerprint density at radius 3 is 2.50 bits per heavy atom. The first-order valence-corrected chi connectivity index (χ1v) is 8.02. The minimum Gasteiger partial charge on any atom is -0.302 e. The van der Waals surface area contributed by atoms with Crippen LogP contribution in [0.2, 0.25) is 0 Å². The van der Waals surface area contributed by atoms with E-state index in [2.05, 4.69) is 34.7 Å². The maximum atomic E-state index is 3.80. The van der Waals surface area contributed by atoms with Crippen molar-refractivity contribution >= 4 is 15.9 Å². The van der Waals surface area contributed by atoms with Crippen molar-refractivity contribution in [3.63, 3.8) is 0 Å². The lowest BCUT2D eigenvalue weighted by molar-refractivity contribution is 0.197. The van der Waals surface area contributed by atoms with Gasteiger partial charge in [0, 0.05) is 11.4 Å². The minimum atomic E-state index is 0.723. The van der Waals surface area contributed by atoms with Crippen LogP contribution >= 0.6 is 15.9 Å². The average Bonchev–Trinajstić information content (AvgIpc) is 2.28. The molecule has 1 fully saturated rings. The largest absolute Gasteiger partial charge is 0.302 e. The van der Waals surface area contributed by atoms with Crippen molar-refractivity contribution in [2.75, 3.05) is 19.6 Å². The van der Waals surface area contributed by atoms with Crippen molar-refractivity contribution in [3.05, 3.63) is 0 Å². The molecular formula is C14H28BrN. The molecule has 0 radical (unpaired) electrons. The second-order valence-electron chi connectivity index (χ2n) is 5.35. The van der Waals surface area contributed by atoms with E-state index in [1.165, 1.54) is 64.6 Å². The molecule has 1 rings (SSSR count). The summed E-state index contributed by atoms with van der Waals surface area (Å²) >= 11 is 3.80. The van der Waals surface area contributed by atoms with Gasteiger partial charge in [-0.25, -0.2) is 0 Å². The second kappa shape index (κ2) is 8.52. The third kappa shape index (κ3) is 5.67. The van der Waals surface area contributed by atoms with Crippen LogP contribution in [0.4, 0.5) is 0 Å². The van der Waals surface area contributed by atoms with Gasteiger partial charge in [-0.15, -0.1) is 0 Å². The summed E-state index contributed by atoms with van der Waals surface area (Å²) in [5.74, 6) is 0.862. The molecule has 1 saturated heterocycles. The van der Waals surface area contributed by atoms with Gasteiger partial charge in [0.05, 0.1) is 0 Å². The topological polar surface area (TPSA) is 3.24 Å². The first kappa shape index (κ1) is 14.5. The van der Waals surface area contributed by atoms with Crippen molar-refractivity contribution in [3.8, 4) is 0 Å². The molecule has 1 nitrogen and oxygen atoms in total. The lowest BCUT2D eigenvalue weighted by atomic mass is 9.99. The molecule has 0 aromatic heterocycles. The van der Waals surface area contributed by atoms with Crippen molar-refractivity contribution in [1.29, 1.82) is 0 Å². The predicted molar refractivity (Wildman–Crippen MR) is 76.3 cm³/mol. The maximum Gasteiger partial charge on any atom is 0.0299 e. The van der Waals surface area contributed by atoms with Gasteiger partial charge in [-0.05, 0) is 31.8 Å². The van der Waals surface area contributed by atoms with E-state index in [-0.39, 0.29) is 0 Å². The van der Waals surface area contributed by atoms with Gasteiger partial charge in [0.25, 0.3) is 0 Å². The molecule has 0 spiro atoms. The first-order chi connectivity index (χ1) is 7.74. The van der Waals surface area contributed by atoms with E-state index in [4.69, 9.17) is 0 Å². The molecule has 2 atom stereocenters. The number of piperidine rings is 1. The predicted octanol–water partition coefficient (Wildman–Crippen LogP) is 4.45. The van der Waals surface area contributed by atoms with E-state index in [0.29, 0.717) is 0 Å². The normalized spacial score (nSPS) is 27.2. The minimum absolute atomic E-state index is 0.723. The van der Waals surface area contributed by atoms with Crippen LogP contribution in [0.25, 0.3) is 0 Å². The van der Waals surface area contributed by atoms with E-state index >= 15 is 0 Å². The highest BCUT2D eigenvalue weighted by molar-refractivity contribution is 9.09. The lowest BCUT2D eigenvalue weighted by Gasteiger charge is -2.34.